The maximum absolute atomic E-state index is 13.4. The van der Waals surface area contributed by atoms with Crippen LogP contribution in [0, 0.1) is 13.8 Å². The predicted octanol–water partition coefficient (Wildman–Crippen LogP) is 4.10. The van der Waals surface area contributed by atoms with E-state index in [1.807, 2.05) is 32.0 Å². The van der Waals surface area contributed by atoms with E-state index in [1.165, 1.54) is 18.9 Å². The highest BCUT2D eigenvalue weighted by Gasteiger charge is 2.24. The van der Waals surface area contributed by atoms with Gasteiger partial charge in [0.25, 0.3) is 5.56 Å². The number of methoxy groups -OCH3 is 1. The largest absolute Gasteiger partial charge is 0.465 e. The number of carbonyl (C=O) groups is 2. The van der Waals surface area contributed by atoms with Crippen molar-refractivity contribution in [3.63, 3.8) is 0 Å². The van der Waals surface area contributed by atoms with Gasteiger partial charge in [-0.1, -0.05) is 29.5 Å². The van der Waals surface area contributed by atoms with E-state index in [0.717, 1.165) is 29.7 Å². The van der Waals surface area contributed by atoms with Crippen LogP contribution in [-0.4, -0.2) is 46.5 Å². The number of nitrogens with zero attached hydrogens (tertiary/aromatic N) is 2. The van der Waals surface area contributed by atoms with Crippen LogP contribution in [0.2, 0.25) is 0 Å². The molecule has 0 bridgehead atoms. The minimum absolute atomic E-state index is 0.0833. The van der Waals surface area contributed by atoms with Crippen LogP contribution in [0.4, 0.5) is 5.69 Å². The Labute approximate surface area is 208 Å². The first-order valence-corrected chi connectivity index (χ1v) is 12.4. The number of nitrogens with one attached hydrogen (secondary N) is 1. The van der Waals surface area contributed by atoms with Crippen molar-refractivity contribution in [2.75, 3.05) is 19.0 Å². The number of thioether (sulfide) groups is 1. The van der Waals surface area contributed by atoms with Gasteiger partial charge < -0.3 is 14.8 Å². The van der Waals surface area contributed by atoms with Gasteiger partial charge in [-0.25, -0.2) is 9.78 Å². The van der Waals surface area contributed by atoms with Gasteiger partial charge in [0, 0.05) is 12.3 Å². The van der Waals surface area contributed by atoms with Crippen LogP contribution < -0.4 is 10.9 Å². The molecule has 1 aliphatic heterocycles. The standard InChI is InChI=1S/C26H29N3O5S/c1-15-7-10-21(16(2)12-15)27-23(30)17(3)35-26-28-22-13-18(25(32)33-4)8-9-20(22)24(31)29(26)14-19-6-5-11-34-19/h7-10,12-13,17,19H,5-6,11,14H2,1-4H3,(H,27,30). The van der Waals surface area contributed by atoms with Crippen LogP contribution in [0.25, 0.3) is 10.9 Å². The Balaban J connectivity index is 1.67. The minimum Gasteiger partial charge on any atom is -0.465 e. The average Bonchev–Trinajstić information content (AvgIpc) is 3.35. The van der Waals surface area contributed by atoms with Crippen molar-refractivity contribution in [3.05, 3.63) is 63.4 Å². The summed E-state index contributed by atoms with van der Waals surface area (Å²) in [5.74, 6) is -0.698. The second-order valence-electron chi connectivity index (χ2n) is 8.74. The fraction of sp³-hybridized carbons (Fsp3) is 0.385. The second-order valence-corrected chi connectivity index (χ2v) is 10.0. The molecule has 35 heavy (non-hydrogen) atoms. The Hall–Kier alpha value is -3.17. The molecule has 184 valence electrons. The molecule has 0 saturated carbocycles. The number of hydrogen-bond donors (Lipinski definition) is 1. The highest BCUT2D eigenvalue weighted by Crippen LogP contribution is 2.26. The summed E-state index contributed by atoms with van der Waals surface area (Å²) < 4.78 is 12.1. The zero-order valence-electron chi connectivity index (χ0n) is 20.3. The van der Waals surface area contributed by atoms with Gasteiger partial charge in [0.15, 0.2) is 5.16 Å². The summed E-state index contributed by atoms with van der Waals surface area (Å²) in [5.41, 5.74) is 3.30. The summed E-state index contributed by atoms with van der Waals surface area (Å²) in [7, 11) is 1.30. The molecule has 1 amide bonds. The summed E-state index contributed by atoms with van der Waals surface area (Å²) in [6, 6.07) is 10.5. The fourth-order valence-electron chi connectivity index (χ4n) is 4.09. The highest BCUT2D eigenvalue weighted by atomic mass is 32.2. The summed E-state index contributed by atoms with van der Waals surface area (Å²) in [6.07, 6.45) is 1.72. The molecule has 0 spiro atoms. The van der Waals surface area contributed by atoms with Gasteiger partial charge in [0.05, 0.1) is 41.5 Å². The van der Waals surface area contributed by atoms with Gasteiger partial charge in [-0.05, 0) is 63.4 Å². The molecule has 1 N–H and O–H groups in total. The first-order chi connectivity index (χ1) is 16.8. The van der Waals surface area contributed by atoms with Crippen LogP contribution in [0.3, 0.4) is 0 Å². The zero-order valence-corrected chi connectivity index (χ0v) is 21.1. The van der Waals surface area contributed by atoms with Gasteiger partial charge in [-0.3, -0.25) is 14.2 Å². The molecule has 1 saturated heterocycles. The van der Waals surface area contributed by atoms with E-state index in [1.54, 1.807) is 29.7 Å². The number of fused-ring (bicyclic) bond motifs is 1. The molecule has 1 aromatic heterocycles. The quantitative estimate of drug-likeness (QED) is 0.299. The lowest BCUT2D eigenvalue weighted by Gasteiger charge is -2.19. The molecular formula is C26H29N3O5S. The van der Waals surface area contributed by atoms with E-state index >= 15 is 0 Å². The van der Waals surface area contributed by atoms with Gasteiger partial charge in [0.2, 0.25) is 5.91 Å². The van der Waals surface area contributed by atoms with Crippen molar-refractivity contribution >= 4 is 40.2 Å². The molecule has 2 atom stereocenters. The fourth-order valence-corrected chi connectivity index (χ4v) is 5.01. The highest BCUT2D eigenvalue weighted by molar-refractivity contribution is 8.00. The monoisotopic (exact) mass is 495 g/mol. The van der Waals surface area contributed by atoms with E-state index in [0.29, 0.717) is 34.8 Å². The molecule has 8 nitrogen and oxygen atoms in total. The van der Waals surface area contributed by atoms with E-state index < -0.39 is 11.2 Å². The van der Waals surface area contributed by atoms with Crippen molar-refractivity contribution in [1.82, 2.24) is 9.55 Å². The van der Waals surface area contributed by atoms with E-state index in [4.69, 9.17) is 14.5 Å². The molecule has 2 unspecified atom stereocenters. The van der Waals surface area contributed by atoms with E-state index in [-0.39, 0.29) is 17.6 Å². The maximum Gasteiger partial charge on any atom is 0.337 e. The van der Waals surface area contributed by atoms with Crippen LogP contribution >= 0.6 is 11.8 Å². The zero-order chi connectivity index (χ0) is 25.1. The third kappa shape index (κ3) is 5.57. The lowest BCUT2D eigenvalue weighted by molar-refractivity contribution is -0.115. The molecule has 1 aliphatic rings. The van der Waals surface area contributed by atoms with Crippen molar-refractivity contribution in [3.8, 4) is 0 Å². The van der Waals surface area contributed by atoms with Crippen molar-refractivity contribution < 1.29 is 19.1 Å². The third-order valence-electron chi connectivity index (χ3n) is 6.04. The Morgan fingerprint density at radius 2 is 2.06 bits per heavy atom. The topological polar surface area (TPSA) is 99.5 Å². The van der Waals surface area contributed by atoms with Crippen LogP contribution in [0.5, 0.6) is 0 Å². The third-order valence-corrected chi connectivity index (χ3v) is 7.13. The summed E-state index contributed by atoms with van der Waals surface area (Å²) in [5, 5.41) is 3.25. The van der Waals surface area contributed by atoms with Gasteiger partial charge in [-0.2, -0.15) is 0 Å². The number of carbonyl (C=O) groups excluding carboxylic acids is 2. The molecular weight excluding hydrogens is 466 g/mol. The molecule has 0 radical (unpaired) electrons. The lowest BCUT2D eigenvalue weighted by atomic mass is 10.1. The number of hydrogen-bond acceptors (Lipinski definition) is 7. The molecule has 0 aliphatic carbocycles. The van der Waals surface area contributed by atoms with Crippen LogP contribution in [-0.2, 0) is 20.8 Å². The maximum atomic E-state index is 13.4. The number of aromatic nitrogens is 2. The second kappa shape index (κ2) is 10.6. The SMILES string of the molecule is COC(=O)c1ccc2c(=O)n(CC3CCCO3)c(SC(C)C(=O)Nc3ccc(C)cc3C)nc2c1. The normalized spacial score (nSPS) is 16.3. The number of amides is 1. The van der Waals surface area contributed by atoms with Gasteiger partial charge in [-0.15, -0.1) is 0 Å². The Bertz CT molecular complexity index is 1330. The first kappa shape index (κ1) is 24.9. The Morgan fingerprint density at radius 1 is 1.26 bits per heavy atom. The van der Waals surface area contributed by atoms with Crippen molar-refractivity contribution in [2.24, 2.45) is 0 Å². The molecule has 1 fully saturated rings. The van der Waals surface area contributed by atoms with E-state index in [2.05, 4.69) is 5.32 Å². The first-order valence-electron chi connectivity index (χ1n) is 11.6. The number of rotatable bonds is 7. The lowest BCUT2D eigenvalue weighted by Crippen LogP contribution is -2.30. The average molecular weight is 496 g/mol. The number of benzene rings is 2. The van der Waals surface area contributed by atoms with Crippen LogP contribution in [0.1, 0.15) is 41.3 Å². The number of anilines is 1. The van der Waals surface area contributed by atoms with Crippen LogP contribution in [0.15, 0.2) is 46.3 Å². The van der Waals surface area contributed by atoms with Gasteiger partial charge in [0.1, 0.15) is 0 Å². The number of aryl methyl sites for hydroxylation is 2. The number of ether oxygens (including phenoxy) is 2. The minimum atomic E-state index is -0.528. The number of esters is 1. The molecule has 9 heteroatoms. The van der Waals surface area contributed by atoms with E-state index in [9.17, 15) is 14.4 Å². The van der Waals surface area contributed by atoms with Gasteiger partial charge >= 0.3 is 5.97 Å². The molecule has 2 heterocycles. The molecule has 3 aromatic rings. The summed E-state index contributed by atoms with van der Waals surface area (Å²) >= 11 is 1.21. The van der Waals surface area contributed by atoms with Crippen molar-refractivity contribution in [2.45, 2.75) is 56.7 Å². The Kier molecular flexibility index (Phi) is 7.57. The van der Waals surface area contributed by atoms with Crippen molar-refractivity contribution in [1.29, 1.82) is 0 Å². The smallest absolute Gasteiger partial charge is 0.337 e. The molecule has 4 rings (SSSR count). The summed E-state index contributed by atoms with van der Waals surface area (Å²) in [4.78, 5) is 43.2. The summed E-state index contributed by atoms with van der Waals surface area (Å²) in [6.45, 7) is 6.75. The Morgan fingerprint density at radius 3 is 2.74 bits per heavy atom. The predicted molar refractivity (Wildman–Crippen MR) is 136 cm³/mol. The molecule has 2 aromatic carbocycles.